The van der Waals surface area contributed by atoms with E-state index in [-0.39, 0.29) is 35.2 Å². The van der Waals surface area contributed by atoms with Gasteiger partial charge < -0.3 is 20.3 Å². The maximum atomic E-state index is 14.2. The Morgan fingerprint density at radius 2 is 1.83 bits per heavy atom. The number of aromatic amines is 1. The molecule has 1 fully saturated rings. The minimum absolute atomic E-state index is 0.0545. The molecule has 1 aromatic heterocycles. The van der Waals surface area contributed by atoms with Crippen molar-refractivity contribution in [3.05, 3.63) is 41.2 Å². The van der Waals surface area contributed by atoms with Crippen molar-refractivity contribution < 1.29 is 14.3 Å². The molecule has 230 valence electrons. The standard InChI is InChI=1S/C31H48N8O3/c1-29(2,3)15-14-24(21-8-10-22(11-9-21)27(40)33-20-25-35-37-38-36-25)39-28(41)26(32-18-19-42-7)34-31(39)16-12-23(13-17-31)30(4,5)6/h8-11,23-24H,12-20H2,1-7H3,(H,32,34)(H,33,40)(H,35,36,37,38)/t23?,24-,31?/m1/s1. The number of tetrazole rings is 1. The van der Waals surface area contributed by atoms with Gasteiger partial charge in [-0.1, -0.05) is 58.9 Å². The smallest absolute Gasteiger partial charge is 0.291 e. The van der Waals surface area contributed by atoms with Gasteiger partial charge >= 0.3 is 0 Å². The second kappa shape index (κ2) is 12.9. The Kier molecular flexibility index (Phi) is 9.70. The number of methoxy groups -OCH3 is 1. The average molecular weight is 581 g/mol. The third-order valence-electron chi connectivity index (χ3n) is 8.63. The van der Waals surface area contributed by atoms with Crippen molar-refractivity contribution in [3.8, 4) is 0 Å². The first-order chi connectivity index (χ1) is 19.8. The summed E-state index contributed by atoms with van der Waals surface area (Å²) in [6, 6.07) is 7.44. The summed E-state index contributed by atoms with van der Waals surface area (Å²) in [6.45, 7) is 14.8. The molecule has 3 N–H and O–H groups in total. The van der Waals surface area contributed by atoms with Crippen LogP contribution in [0.1, 0.15) is 108 Å². The van der Waals surface area contributed by atoms with E-state index in [9.17, 15) is 9.59 Å². The molecule has 11 heteroatoms. The second-order valence-corrected chi connectivity index (χ2v) is 13.9. The maximum absolute atomic E-state index is 14.2. The fourth-order valence-electron chi connectivity index (χ4n) is 6.12. The number of aromatic nitrogens is 4. The van der Waals surface area contributed by atoms with Crippen LogP contribution in [0.25, 0.3) is 0 Å². The number of hydrogen-bond donors (Lipinski definition) is 3. The van der Waals surface area contributed by atoms with Gasteiger partial charge in [0.05, 0.1) is 19.2 Å². The van der Waals surface area contributed by atoms with Gasteiger partial charge in [0.25, 0.3) is 11.8 Å². The van der Waals surface area contributed by atoms with Crippen molar-refractivity contribution >= 4 is 17.6 Å². The van der Waals surface area contributed by atoms with Crippen molar-refractivity contribution in [3.63, 3.8) is 0 Å². The van der Waals surface area contributed by atoms with Gasteiger partial charge in [0.1, 0.15) is 5.66 Å². The summed E-state index contributed by atoms with van der Waals surface area (Å²) in [5.41, 5.74) is 1.26. The number of nitrogens with zero attached hydrogens (tertiary/aromatic N) is 5. The number of rotatable bonds is 10. The lowest BCUT2D eigenvalue weighted by molar-refractivity contribution is -0.134. The quantitative estimate of drug-likeness (QED) is 0.354. The summed E-state index contributed by atoms with van der Waals surface area (Å²) in [4.78, 5) is 34.2. The van der Waals surface area contributed by atoms with E-state index in [0.717, 1.165) is 44.1 Å². The molecular formula is C31H48N8O3. The molecule has 1 spiro atoms. The fourth-order valence-corrected chi connectivity index (χ4v) is 6.12. The molecule has 2 amide bonds. The Morgan fingerprint density at radius 1 is 1.14 bits per heavy atom. The molecule has 1 saturated carbocycles. The molecule has 0 unspecified atom stereocenters. The number of hydrogen-bond acceptors (Lipinski definition) is 8. The van der Waals surface area contributed by atoms with Crippen LogP contribution in [0.4, 0.5) is 0 Å². The largest absolute Gasteiger partial charge is 0.383 e. The van der Waals surface area contributed by atoms with Crippen LogP contribution in [0.2, 0.25) is 0 Å². The van der Waals surface area contributed by atoms with Gasteiger partial charge in [-0.05, 0) is 73.0 Å². The molecule has 2 aliphatic rings. The minimum Gasteiger partial charge on any atom is -0.383 e. The van der Waals surface area contributed by atoms with Crippen molar-refractivity contribution in [2.24, 2.45) is 21.7 Å². The monoisotopic (exact) mass is 580 g/mol. The van der Waals surface area contributed by atoms with Crippen molar-refractivity contribution in [1.29, 1.82) is 0 Å². The number of carbonyl (C=O) groups excluding carboxylic acids is 2. The first-order valence-electron chi connectivity index (χ1n) is 15.1. The summed E-state index contributed by atoms with van der Waals surface area (Å²) >= 11 is 0. The van der Waals surface area contributed by atoms with E-state index in [2.05, 4.69) is 77.7 Å². The van der Waals surface area contributed by atoms with Crippen LogP contribution in [0.3, 0.4) is 0 Å². The molecule has 1 aliphatic carbocycles. The highest BCUT2D eigenvalue weighted by Crippen LogP contribution is 2.49. The van der Waals surface area contributed by atoms with Gasteiger partial charge in [0, 0.05) is 19.2 Å². The second-order valence-electron chi connectivity index (χ2n) is 13.9. The Morgan fingerprint density at radius 3 is 2.40 bits per heavy atom. The van der Waals surface area contributed by atoms with Crippen LogP contribution >= 0.6 is 0 Å². The molecule has 1 atom stereocenters. The number of amides is 2. The molecule has 11 nitrogen and oxygen atoms in total. The van der Waals surface area contributed by atoms with Crippen LogP contribution < -0.4 is 10.6 Å². The van der Waals surface area contributed by atoms with E-state index in [1.807, 2.05) is 24.3 Å². The first kappa shape index (κ1) is 31.6. The van der Waals surface area contributed by atoms with E-state index in [1.54, 1.807) is 7.11 Å². The lowest BCUT2D eigenvalue weighted by Crippen LogP contribution is -2.52. The van der Waals surface area contributed by atoms with E-state index >= 15 is 0 Å². The number of benzene rings is 1. The average Bonchev–Trinajstić information content (AvgIpc) is 3.54. The van der Waals surface area contributed by atoms with Gasteiger partial charge in [0.2, 0.25) is 0 Å². The Balaban J connectivity index is 1.63. The summed E-state index contributed by atoms with van der Waals surface area (Å²) in [7, 11) is 1.65. The van der Waals surface area contributed by atoms with E-state index in [0.29, 0.717) is 36.3 Å². The third kappa shape index (κ3) is 7.53. The molecule has 42 heavy (non-hydrogen) atoms. The Bertz CT molecular complexity index is 1220. The molecule has 0 saturated heterocycles. The molecule has 1 aromatic carbocycles. The van der Waals surface area contributed by atoms with Crippen LogP contribution in [0.5, 0.6) is 0 Å². The van der Waals surface area contributed by atoms with Crippen LogP contribution in [0.15, 0.2) is 29.3 Å². The van der Waals surface area contributed by atoms with Crippen LogP contribution in [0, 0.1) is 16.7 Å². The highest BCUT2D eigenvalue weighted by molar-refractivity contribution is 6.39. The summed E-state index contributed by atoms with van der Waals surface area (Å²) < 4.78 is 5.23. The zero-order chi connectivity index (χ0) is 30.5. The number of carbonyl (C=O) groups is 2. The molecular weight excluding hydrogens is 532 g/mol. The van der Waals surface area contributed by atoms with Crippen molar-refractivity contribution in [2.75, 3.05) is 20.3 Å². The Labute approximate surface area is 249 Å². The number of nitrogens with one attached hydrogen (secondary N) is 3. The SMILES string of the molecule is COCCNC1=NC2(CCC(C(C)(C)C)CC2)N([C@H](CCC(C)(C)C)c2ccc(C(=O)NCc3nn[nH]n3)cc2)C1=O. The molecule has 2 aromatic rings. The number of ether oxygens (including phenoxy) is 1. The molecule has 4 rings (SSSR count). The minimum atomic E-state index is -0.586. The van der Waals surface area contributed by atoms with E-state index in [4.69, 9.17) is 9.73 Å². The van der Waals surface area contributed by atoms with Gasteiger partial charge in [-0.3, -0.25) is 9.59 Å². The molecule has 1 aliphatic heterocycles. The van der Waals surface area contributed by atoms with Crippen molar-refractivity contribution in [2.45, 2.75) is 98.3 Å². The van der Waals surface area contributed by atoms with Crippen LogP contribution in [-0.4, -0.2) is 69.1 Å². The number of H-pyrrole nitrogens is 1. The molecule has 0 radical (unpaired) electrons. The number of aliphatic imine (C=N–C) groups is 1. The summed E-state index contributed by atoms with van der Waals surface area (Å²) in [6.07, 6.45) is 5.43. The molecule has 0 bridgehead atoms. The maximum Gasteiger partial charge on any atom is 0.291 e. The van der Waals surface area contributed by atoms with Gasteiger partial charge in [-0.2, -0.15) is 5.21 Å². The number of amidine groups is 1. The topological polar surface area (TPSA) is 137 Å². The highest BCUT2D eigenvalue weighted by atomic mass is 16.5. The third-order valence-corrected chi connectivity index (χ3v) is 8.63. The van der Waals surface area contributed by atoms with Gasteiger partial charge in [0.15, 0.2) is 11.7 Å². The normalized spacial score (nSPS) is 21.9. The molecule has 2 heterocycles. The fraction of sp³-hybridized carbons (Fsp3) is 0.677. The van der Waals surface area contributed by atoms with Crippen molar-refractivity contribution in [1.82, 2.24) is 36.2 Å². The predicted octanol–water partition coefficient (Wildman–Crippen LogP) is 4.41. The van der Waals surface area contributed by atoms with Gasteiger partial charge in [-0.25, -0.2) is 4.99 Å². The first-order valence-corrected chi connectivity index (χ1v) is 15.1. The highest BCUT2D eigenvalue weighted by Gasteiger charge is 2.52. The Hall–Kier alpha value is -3.34. The lowest BCUT2D eigenvalue weighted by atomic mass is 9.69. The van der Waals surface area contributed by atoms with Gasteiger partial charge in [-0.15, -0.1) is 10.2 Å². The summed E-state index contributed by atoms with van der Waals surface area (Å²) in [5, 5.41) is 19.8. The predicted molar refractivity (Wildman–Crippen MR) is 162 cm³/mol. The zero-order valence-corrected chi connectivity index (χ0v) is 26.3. The van der Waals surface area contributed by atoms with E-state index in [1.165, 1.54) is 0 Å². The lowest BCUT2D eigenvalue weighted by Gasteiger charge is -2.47. The summed E-state index contributed by atoms with van der Waals surface area (Å²) in [5.74, 6) is 1.15. The van der Waals surface area contributed by atoms with Crippen LogP contribution in [-0.2, 0) is 16.1 Å². The zero-order valence-electron chi connectivity index (χ0n) is 26.3. The van der Waals surface area contributed by atoms with E-state index < -0.39 is 5.66 Å².